The topological polar surface area (TPSA) is 67.9 Å². The molecule has 0 radical (unpaired) electrons. The van der Waals surface area contributed by atoms with Crippen LogP contribution in [-0.4, -0.2) is 50.6 Å². The molecule has 1 aliphatic heterocycles. The Morgan fingerprint density at radius 2 is 1.91 bits per heavy atom. The summed E-state index contributed by atoms with van der Waals surface area (Å²) in [5.41, 5.74) is 1.40. The Labute approximate surface area is 194 Å². The maximum atomic E-state index is 13.2. The van der Waals surface area contributed by atoms with E-state index in [0.717, 1.165) is 12.0 Å². The van der Waals surface area contributed by atoms with Crippen LogP contribution >= 0.6 is 11.6 Å². The average molecular weight is 459 g/mol. The summed E-state index contributed by atoms with van der Waals surface area (Å²) in [7, 11) is 3.19. The van der Waals surface area contributed by atoms with E-state index in [1.165, 1.54) is 0 Å². The van der Waals surface area contributed by atoms with Gasteiger partial charge < -0.3 is 19.7 Å². The molecule has 1 saturated heterocycles. The van der Waals surface area contributed by atoms with Crippen molar-refractivity contribution in [3.8, 4) is 11.5 Å². The van der Waals surface area contributed by atoms with Crippen LogP contribution in [-0.2, 0) is 4.79 Å². The normalized spacial score (nSPS) is 18.0. The summed E-state index contributed by atoms with van der Waals surface area (Å²) in [5.74, 6) is 1.06. The largest absolute Gasteiger partial charge is 0.497 e. The van der Waals surface area contributed by atoms with Crippen LogP contribution in [0.2, 0.25) is 5.02 Å². The molecule has 172 valence electrons. The van der Waals surface area contributed by atoms with Crippen molar-refractivity contribution in [2.75, 3.05) is 33.9 Å². The second kappa shape index (κ2) is 10.7. The van der Waals surface area contributed by atoms with Gasteiger partial charge in [0.05, 0.1) is 20.1 Å². The molecular formula is C25H31ClN2O4. The molecule has 32 heavy (non-hydrogen) atoms. The van der Waals surface area contributed by atoms with Crippen LogP contribution < -0.4 is 14.8 Å². The molecule has 2 atom stereocenters. The molecule has 2 aromatic carbocycles. The predicted molar refractivity (Wildman–Crippen MR) is 126 cm³/mol. The van der Waals surface area contributed by atoms with E-state index >= 15 is 0 Å². The van der Waals surface area contributed by atoms with Crippen molar-refractivity contribution >= 4 is 23.4 Å². The van der Waals surface area contributed by atoms with E-state index in [1.54, 1.807) is 43.4 Å². The molecule has 2 amide bonds. The molecule has 0 aromatic heterocycles. The highest BCUT2D eigenvalue weighted by Gasteiger charge is 2.41. The first-order chi connectivity index (χ1) is 15.3. The number of hydrogen-bond donors (Lipinski definition) is 1. The molecule has 1 heterocycles. The zero-order valence-corrected chi connectivity index (χ0v) is 19.8. The standard InChI is InChI=1S/C25H31ClN2O4/c1-16(2)10-11-27-24(29)22-15-28(25(30)17-6-5-7-18(26)12-17)14-21(22)20-9-8-19(31-3)13-23(20)32-4/h5-9,12-13,16,21-22H,10-11,14-15H2,1-4H3,(H,27,29). The fourth-order valence-electron chi connectivity index (χ4n) is 4.09. The van der Waals surface area contributed by atoms with Crippen LogP contribution in [0.4, 0.5) is 0 Å². The van der Waals surface area contributed by atoms with Crippen molar-refractivity contribution < 1.29 is 19.1 Å². The number of rotatable bonds is 8. The van der Waals surface area contributed by atoms with Crippen LogP contribution in [0.5, 0.6) is 11.5 Å². The maximum absolute atomic E-state index is 13.2. The summed E-state index contributed by atoms with van der Waals surface area (Å²) in [6.45, 7) is 5.60. The minimum atomic E-state index is -0.382. The third-order valence-corrected chi connectivity index (χ3v) is 6.11. The number of carbonyl (C=O) groups excluding carboxylic acids is 2. The molecule has 1 aliphatic rings. The molecule has 0 bridgehead atoms. The number of amides is 2. The van der Waals surface area contributed by atoms with Gasteiger partial charge in [-0.25, -0.2) is 0 Å². The lowest BCUT2D eigenvalue weighted by atomic mass is 9.87. The minimum Gasteiger partial charge on any atom is -0.497 e. The van der Waals surface area contributed by atoms with Gasteiger partial charge in [0.1, 0.15) is 11.5 Å². The van der Waals surface area contributed by atoms with Crippen molar-refractivity contribution in [1.29, 1.82) is 0 Å². The maximum Gasteiger partial charge on any atom is 0.253 e. The Balaban J connectivity index is 1.89. The zero-order chi connectivity index (χ0) is 23.3. The van der Waals surface area contributed by atoms with E-state index in [9.17, 15) is 9.59 Å². The van der Waals surface area contributed by atoms with E-state index in [2.05, 4.69) is 19.2 Å². The highest BCUT2D eigenvalue weighted by molar-refractivity contribution is 6.30. The fraction of sp³-hybridized carbons (Fsp3) is 0.440. The Hall–Kier alpha value is -2.73. The highest BCUT2D eigenvalue weighted by atomic mass is 35.5. The Bertz CT molecular complexity index is 963. The first-order valence-electron chi connectivity index (χ1n) is 10.9. The van der Waals surface area contributed by atoms with Gasteiger partial charge in [-0.15, -0.1) is 0 Å². The van der Waals surface area contributed by atoms with E-state index in [4.69, 9.17) is 21.1 Å². The summed E-state index contributed by atoms with van der Waals surface area (Å²) in [5, 5.41) is 3.57. The molecule has 0 spiro atoms. The summed E-state index contributed by atoms with van der Waals surface area (Å²) in [6.07, 6.45) is 0.903. The molecule has 2 aromatic rings. The smallest absolute Gasteiger partial charge is 0.253 e. The third-order valence-electron chi connectivity index (χ3n) is 5.88. The molecule has 1 fully saturated rings. The van der Waals surface area contributed by atoms with E-state index in [1.807, 2.05) is 18.2 Å². The molecular weight excluding hydrogens is 428 g/mol. The fourth-order valence-corrected chi connectivity index (χ4v) is 4.28. The molecule has 0 saturated carbocycles. The van der Waals surface area contributed by atoms with Crippen molar-refractivity contribution in [2.45, 2.75) is 26.2 Å². The quantitative estimate of drug-likeness (QED) is 0.637. The van der Waals surface area contributed by atoms with Gasteiger partial charge >= 0.3 is 0 Å². The summed E-state index contributed by atoms with van der Waals surface area (Å²) in [4.78, 5) is 28.1. The SMILES string of the molecule is COc1ccc(C2CN(C(=O)c3cccc(Cl)c3)CC2C(=O)NCCC(C)C)c(OC)c1. The van der Waals surface area contributed by atoms with Gasteiger partial charge in [0.15, 0.2) is 0 Å². The zero-order valence-electron chi connectivity index (χ0n) is 19.1. The van der Waals surface area contributed by atoms with Crippen molar-refractivity contribution in [1.82, 2.24) is 10.2 Å². The number of ether oxygens (including phenoxy) is 2. The summed E-state index contributed by atoms with van der Waals surface area (Å²) < 4.78 is 10.9. The van der Waals surface area contributed by atoms with E-state index in [-0.39, 0.29) is 23.7 Å². The first-order valence-corrected chi connectivity index (χ1v) is 11.3. The third kappa shape index (κ3) is 5.54. The van der Waals surface area contributed by atoms with Crippen molar-refractivity contribution in [3.05, 3.63) is 58.6 Å². The van der Waals surface area contributed by atoms with Crippen molar-refractivity contribution in [2.24, 2.45) is 11.8 Å². The van der Waals surface area contributed by atoms with Crippen LogP contribution in [0.25, 0.3) is 0 Å². The molecule has 7 heteroatoms. The molecule has 3 rings (SSSR count). The van der Waals surface area contributed by atoms with Crippen molar-refractivity contribution in [3.63, 3.8) is 0 Å². The lowest BCUT2D eigenvalue weighted by Gasteiger charge is -2.21. The number of halogens is 1. The second-order valence-electron chi connectivity index (χ2n) is 8.51. The number of likely N-dealkylation sites (tertiary alicyclic amines) is 1. The number of nitrogens with one attached hydrogen (secondary N) is 1. The van der Waals surface area contributed by atoms with Gasteiger partial charge in [0, 0.05) is 47.8 Å². The van der Waals surface area contributed by atoms with E-state index < -0.39 is 0 Å². The first kappa shape index (κ1) is 23.9. The summed E-state index contributed by atoms with van der Waals surface area (Å²) >= 11 is 6.09. The molecule has 6 nitrogen and oxygen atoms in total. The Morgan fingerprint density at radius 3 is 2.56 bits per heavy atom. The number of benzene rings is 2. The summed E-state index contributed by atoms with van der Waals surface area (Å²) in [6, 6.07) is 12.5. The number of nitrogens with zero attached hydrogens (tertiary/aromatic N) is 1. The monoisotopic (exact) mass is 458 g/mol. The Kier molecular flexibility index (Phi) is 8.02. The van der Waals surface area contributed by atoms with Gasteiger partial charge in [-0.05, 0) is 36.6 Å². The predicted octanol–water partition coefficient (Wildman–Crippen LogP) is 4.38. The Morgan fingerprint density at radius 1 is 1.12 bits per heavy atom. The number of hydrogen-bond acceptors (Lipinski definition) is 4. The van der Waals surface area contributed by atoms with Crippen LogP contribution in [0.3, 0.4) is 0 Å². The van der Waals surface area contributed by atoms with Gasteiger partial charge in [-0.2, -0.15) is 0 Å². The minimum absolute atomic E-state index is 0.0464. The highest BCUT2D eigenvalue weighted by Crippen LogP contribution is 2.39. The van der Waals surface area contributed by atoms with Crippen LogP contribution in [0.15, 0.2) is 42.5 Å². The van der Waals surface area contributed by atoms with Crippen LogP contribution in [0, 0.1) is 11.8 Å². The van der Waals surface area contributed by atoms with Gasteiger partial charge in [0.2, 0.25) is 5.91 Å². The average Bonchev–Trinajstić information content (AvgIpc) is 3.23. The van der Waals surface area contributed by atoms with Gasteiger partial charge in [0.25, 0.3) is 5.91 Å². The molecule has 1 N–H and O–H groups in total. The lowest BCUT2D eigenvalue weighted by molar-refractivity contribution is -0.124. The van der Waals surface area contributed by atoms with Gasteiger partial charge in [-0.3, -0.25) is 9.59 Å². The number of methoxy groups -OCH3 is 2. The van der Waals surface area contributed by atoms with Crippen LogP contribution in [0.1, 0.15) is 42.1 Å². The second-order valence-corrected chi connectivity index (χ2v) is 8.95. The number of carbonyl (C=O) groups is 2. The lowest BCUT2D eigenvalue weighted by Crippen LogP contribution is -2.36. The van der Waals surface area contributed by atoms with Gasteiger partial charge in [-0.1, -0.05) is 37.6 Å². The van der Waals surface area contributed by atoms with E-state index in [0.29, 0.717) is 47.6 Å². The molecule has 2 unspecified atom stereocenters. The molecule has 0 aliphatic carbocycles.